The maximum atomic E-state index is 5.39. The van der Waals surface area contributed by atoms with E-state index in [1.54, 1.807) is 0 Å². The molecule has 2 aliphatic rings. The summed E-state index contributed by atoms with van der Waals surface area (Å²) in [4.78, 5) is 7.40. The summed E-state index contributed by atoms with van der Waals surface area (Å²) in [7, 11) is 0. The largest absolute Gasteiger partial charge is 0.379 e. The molecule has 140 valence electrons. The van der Waals surface area contributed by atoms with Gasteiger partial charge in [-0.2, -0.15) is 0 Å². The Morgan fingerprint density at radius 3 is 2.50 bits per heavy atom. The molecule has 0 unspecified atom stereocenters. The number of rotatable bonds is 9. The first-order valence-electron chi connectivity index (χ1n) is 10.1. The Bertz CT molecular complexity index is 360. The number of unbranched alkanes of at least 4 members (excludes halogenated alkanes) is 1. The van der Waals surface area contributed by atoms with Crippen molar-refractivity contribution in [2.75, 3.05) is 52.5 Å². The molecule has 2 N–H and O–H groups in total. The lowest BCUT2D eigenvalue weighted by Crippen LogP contribution is -2.39. The van der Waals surface area contributed by atoms with E-state index >= 15 is 0 Å². The molecule has 1 saturated carbocycles. The Morgan fingerprint density at radius 2 is 1.83 bits per heavy atom. The predicted octanol–water partition coefficient (Wildman–Crippen LogP) is 2.62. The Labute approximate surface area is 148 Å². The highest BCUT2D eigenvalue weighted by molar-refractivity contribution is 5.79. The average Bonchev–Trinajstić information content (AvgIpc) is 3.10. The zero-order valence-corrected chi connectivity index (χ0v) is 15.9. The van der Waals surface area contributed by atoms with Crippen molar-refractivity contribution in [3.63, 3.8) is 0 Å². The van der Waals surface area contributed by atoms with Crippen LogP contribution in [0, 0.1) is 5.41 Å². The monoisotopic (exact) mass is 338 g/mol. The van der Waals surface area contributed by atoms with Crippen molar-refractivity contribution in [3.05, 3.63) is 0 Å². The lowest BCUT2D eigenvalue weighted by molar-refractivity contribution is 0.0372. The maximum Gasteiger partial charge on any atom is 0.191 e. The molecule has 1 heterocycles. The average molecular weight is 339 g/mol. The number of guanidine groups is 1. The molecule has 1 saturated heterocycles. The fraction of sp³-hybridized carbons (Fsp3) is 0.947. The summed E-state index contributed by atoms with van der Waals surface area (Å²) in [6.07, 6.45) is 9.17. The maximum absolute atomic E-state index is 5.39. The molecular weight excluding hydrogens is 300 g/mol. The van der Waals surface area contributed by atoms with Crippen LogP contribution in [0.1, 0.15) is 58.8 Å². The standard InChI is InChI=1S/C19H38N4O/c1-3-19(9-5-6-10-19)17-22-18(20-4-2)21-11-7-8-12-23-13-15-24-16-14-23/h3-17H2,1-2H3,(H2,20,21,22). The number of nitrogens with zero attached hydrogens (tertiary/aromatic N) is 2. The van der Waals surface area contributed by atoms with Gasteiger partial charge in [0.05, 0.1) is 13.2 Å². The van der Waals surface area contributed by atoms with Gasteiger partial charge >= 0.3 is 0 Å². The minimum atomic E-state index is 0.471. The molecule has 0 aromatic rings. The van der Waals surface area contributed by atoms with Gasteiger partial charge < -0.3 is 15.4 Å². The van der Waals surface area contributed by atoms with Crippen molar-refractivity contribution in [3.8, 4) is 0 Å². The normalized spacial score (nSPS) is 21.8. The highest BCUT2D eigenvalue weighted by atomic mass is 16.5. The molecule has 5 nitrogen and oxygen atoms in total. The highest BCUT2D eigenvalue weighted by Gasteiger charge is 2.31. The molecule has 2 fully saturated rings. The van der Waals surface area contributed by atoms with Crippen LogP contribution in [0.5, 0.6) is 0 Å². The van der Waals surface area contributed by atoms with E-state index in [4.69, 9.17) is 9.73 Å². The molecule has 0 atom stereocenters. The first-order valence-corrected chi connectivity index (χ1v) is 10.1. The molecule has 24 heavy (non-hydrogen) atoms. The summed E-state index contributed by atoms with van der Waals surface area (Å²) in [5.41, 5.74) is 0.471. The van der Waals surface area contributed by atoms with Crippen molar-refractivity contribution in [1.82, 2.24) is 15.5 Å². The lowest BCUT2D eigenvalue weighted by Gasteiger charge is -2.26. The Balaban J connectivity index is 1.65. The van der Waals surface area contributed by atoms with Crippen LogP contribution in [0.25, 0.3) is 0 Å². The van der Waals surface area contributed by atoms with Gasteiger partial charge in [-0.05, 0) is 51.0 Å². The van der Waals surface area contributed by atoms with Gasteiger partial charge in [0.15, 0.2) is 5.96 Å². The van der Waals surface area contributed by atoms with Crippen LogP contribution in [0.15, 0.2) is 4.99 Å². The topological polar surface area (TPSA) is 48.9 Å². The molecule has 2 rings (SSSR count). The van der Waals surface area contributed by atoms with Crippen molar-refractivity contribution in [2.45, 2.75) is 58.8 Å². The van der Waals surface area contributed by atoms with E-state index in [-0.39, 0.29) is 0 Å². The van der Waals surface area contributed by atoms with Gasteiger partial charge in [-0.25, -0.2) is 0 Å². The summed E-state index contributed by atoms with van der Waals surface area (Å²) >= 11 is 0. The van der Waals surface area contributed by atoms with Crippen LogP contribution in [0.2, 0.25) is 0 Å². The van der Waals surface area contributed by atoms with Crippen LogP contribution >= 0.6 is 0 Å². The number of hydrogen-bond donors (Lipinski definition) is 2. The molecule has 5 heteroatoms. The summed E-state index contributed by atoms with van der Waals surface area (Å²) in [5, 5.41) is 6.92. The third kappa shape index (κ3) is 6.60. The Hall–Kier alpha value is -0.810. The number of hydrogen-bond acceptors (Lipinski definition) is 3. The van der Waals surface area contributed by atoms with Crippen LogP contribution in [0.4, 0.5) is 0 Å². The molecular formula is C19H38N4O. The van der Waals surface area contributed by atoms with Gasteiger partial charge in [0.2, 0.25) is 0 Å². The zero-order valence-electron chi connectivity index (χ0n) is 15.9. The lowest BCUT2D eigenvalue weighted by atomic mass is 9.84. The third-order valence-electron chi connectivity index (χ3n) is 5.63. The number of nitrogens with one attached hydrogen (secondary N) is 2. The molecule has 0 aromatic carbocycles. The quantitative estimate of drug-likeness (QED) is 0.385. The van der Waals surface area contributed by atoms with E-state index in [0.29, 0.717) is 5.41 Å². The summed E-state index contributed by atoms with van der Waals surface area (Å²) in [5.74, 6) is 1.00. The van der Waals surface area contributed by atoms with E-state index in [2.05, 4.69) is 29.4 Å². The highest BCUT2D eigenvalue weighted by Crippen LogP contribution is 2.41. The van der Waals surface area contributed by atoms with Gasteiger partial charge in [-0.1, -0.05) is 19.8 Å². The number of aliphatic imine (C=N–C) groups is 1. The second kappa shape index (κ2) is 10.9. The molecule has 0 spiro atoms. The summed E-state index contributed by atoms with van der Waals surface area (Å²) in [6.45, 7) is 12.6. The minimum absolute atomic E-state index is 0.471. The second-order valence-corrected chi connectivity index (χ2v) is 7.34. The first kappa shape index (κ1) is 19.5. The van der Waals surface area contributed by atoms with Crippen LogP contribution in [0.3, 0.4) is 0 Å². The molecule has 0 radical (unpaired) electrons. The van der Waals surface area contributed by atoms with Crippen LogP contribution in [-0.4, -0.2) is 63.3 Å². The fourth-order valence-electron chi connectivity index (χ4n) is 3.83. The summed E-state index contributed by atoms with van der Waals surface area (Å²) < 4.78 is 5.39. The molecule has 0 amide bonds. The summed E-state index contributed by atoms with van der Waals surface area (Å²) in [6, 6.07) is 0. The predicted molar refractivity (Wildman–Crippen MR) is 102 cm³/mol. The third-order valence-corrected chi connectivity index (χ3v) is 5.63. The Kier molecular flexibility index (Phi) is 8.89. The van der Waals surface area contributed by atoms with E-state index < -0.39 is 0 Å². The molecule has 1 aliphatic heterocycles. The van der Waals surface area contributed by atoms with Gasteiger partial charge in [0.1, 0.15) is 0 Å². The van der Waals surface area contributed by atoms with Crippen LogP contribution in [-0.2, 0) is 4.74 Å². The van der Waals surface area contributed by atoms with E-state index in [1.807, 2.05) is 0 Å². The molecule has 0 bridgehead atoms. The first-order chi connectivity index (χ1) is 11.8. The van der Waals surface area contributed by atoms with Crippen molar-refractivity contribution in [2.24, 2.45) is 10.4 Å². The number of morpholine rings is 1. The van der Waals surface area contributed by atoms with E-state index in [0.717, 1.165) is 51.9 Å². The van der Waals surface area contributed by atoms with E-state index in [9.17, 15) is 0 Å². The second-order valence-electron chi connectivity index (χ2n) is 7.34. The van der Waals surface area contributed by atoms with E-state index in [1.165, 1.54) is 51.5 Å². The van der Waals surface area contributed by atoms with Crippen LogP contribution < -0.4 is 10.6 Å². The van der Waals surface area contributed by atoms with Crippen molar-refractivity contribution < 1.29 is 4.74 Å². The fourth-order valence-corrected chi connectivity index (χ4v) is 3.83. The zero-order chi connectivity index (χ0) is 17.1. The Morgan fingerprint density at radius 1 is 1.08 bits per heavy atom. The van der Waals surface area contributed by atoms with Gasteiger partial charge in [0.25, 0.3) is 0 Å². The molecule has 1 aliphatic carbocycles. The minimum Gasteiger partial charge on any atom is -0.379 e. The number of ether oxygens (including phenoxy) is 1. The van der Waals surface area contributed by atoms with Gasteiger partial charge in [0, 0.05) is 32.7 Å². The van der Waals surface area contributed by atoms with Crippen molar-refractivity contribution >= 4 is 5.96 Å². The van der Waals surface area contributed by atoms with Crippen molar-refractivity contribution in [1.29, 1.82) is 0 Å². The SMILES string of the molecule is CCNC(=NCC1(CC)CCCC1)NCCCCN1CCOCC1. The van der Waals surface area contributed by atoms with Gasteiger partial charge in [-0.15, -0.1) is 0 Å². The smallest absolute Gasteiger partial charge is 0.191 e. The van der Waals surface area contributed by atoms with Gasteiger partial charge in [-0.3, -0.25) is 9.89 Å². The molecule has 0 aromatic heterocycles.